The quantitative estimate of drug-likeness (QED) is 0.737. The lowest BCUT2D eigenvalue weighted by atomic mass is 10.0. The topological polar surface area (TPSA) is 84.2 Å². The summed E-state index contributed by atoms with van der Waals surface area (Å²) in [5, 5.41) is 4.94. The van der Waals surface area contributed by atoms with Crippen molar-refractivity contribution in [2.75, 3.05) is 6.54 Å². The fraction of sp³-hybridized carbons (Fsp3) is 0.500. The molecule has 2 amide bonds. The van der Waals surface area contributed by atoms with Gasteiger partial charge in [0.25, 0.3) is 0 Å². The minimum atomic E-state index is -4.44. The first-order valence-corrected chi connectivity index (χ1v) is 7.52. The van der Waals surface area contributed by atoms with Gasteiger partial charge in [0.1, 0.15) is 0 Å². The SMILES string of the molecule is CC(NC(=O)CNC(=O)[C@@H](N)C(C)C)c1cccc(C(F)(F)F)c1. The molecule has 0 radical (unpaired) electrons. The van der Waals surface area contributed by atoms with Crippen LogP contribution < -0.4 is 16.4 Å². The summed E-state index contributed by atoms with van der Waals surface area (Å²) in [7, 11) is 0. The Morgan fingerprint density at radius 3 is 2.38 bits per heavy atom. The molecule has 0 heterocycles. The Balaban J connectivity index is 2.60. The minimum Gasteiger partial charge on any atom is -0.348 e. The molecule has 0 aliphatic rings. The Kier molecular flexibility index (Phi) is 6.77. The predicted octanol–water partition coefficient (Wildman–Crippen LogP) is 1.98. The van der Waals surface area contributed by atoms with E-state index in [-0.39, 0.29) is 12.5 Å². The van der Waals surface area contributed by atoms with E-state index in [4.69, 9.17) is 5.73 Å². The molecule has 8 heteroatoms. The second-order valence-electron chi connectivity index (χ2n) is 5.90. The molecular formula is C16H22F3N3O2. The summed E-state index contributed by atoms with van der Waals surface area (Å²) in [6.45, 7) is 4.83. The summed E-state index contributed by atoms with van der Waals surface area (Å²) in [6, 6.07) is 3.37. The minimum absolute atomic E-state index is 0.0721. The highest BCUT2D eigenvalue weighted by Gasteiger charge is 2.30. The Labute approximate surface area is 138 Å². The van der Waals surface area contributed by atoms with Crippen LogP contribution in [0.4, 0.5) is 13.2 Å². The fourth-order valence-electron chi connectivity index (χ4n) is 1.95. The molecule has 0 saturated carbocycles. The zero-order chi connectivity index (χ0) is 18.5. The lowest BCUT2D eigenvalue weighted by molar-refractivity contribution is -0.137. The van der Waals surface area contributed by atoms with Crippen molar-refractivity contribution in [3.05, 3.63) is 35.4 Å². The number of carbonyl (C=O) groups is 2. The van der Waals surface area contributed by atoms with Gasteiger partial charge in [-0.2, -0.15) is 13.2 Å². The van der Waals surface area contributed by atoms with Crippen LogP contribution in [0.5, 0.6) is 0 Å². The monoisotopic (exact) mass is 345 g/mol. The summed E-state index contributed by atoms with van der Waals surface area (Å²) >= 11 is 0. The number of nitrogens with two attached hydrogens (primary N) is 1. The molecule has 24 heavy (non-hydrogen) atoms. The number of benzene rings is 1. The van der Waals surface area contributed by atoms with Crippen molar-refractivity contribution in [1.29, 1.82) is 0 Å². The van der Waals surface area contributed by atoms with Crippen molar-refractivity contribution in [2.45, 2.75) is 39.0 Å². The molecule has 0 spiro atoms. The van der Waals surface area contributed by atoms with Gasteiger partial charge in [-0.15, -0.1) is 0 Å². The highest BCUT2D eigenvalue weighted by atomic mass is 19.4. The predicted molar refractivity (Wildman–Crippen MR) is 83.8 cm³/mol. The van der Waals surface area contributed by atoms with Crippen molar-refractivity contribution >= 4 is 11.8 Å². The summed E-state index contributed by atoms with van der Waals surface area (Å²) in [5.41, 5.74) is 5.19. The third kappa shape index (κ3) is 5.84. The van der Waals surface area contributed by atoms with E-state index in [1.807, 2.05) is 0 Å². The molecule has 0 saturated heterocycles. The molecule has 5 nitrogen and oxygen atoms in total. The van der Waals surface area contributed by atoms with E-state index in [9.17, 15) is 22.8 Å². The number of hydrogen-bond donors (Lipinski definition) is 3. The van der Waals surface area contributed by atoms with Gasteiger partial charge < -0.3 is 16.4 Å². The second-order valence-corrected chi connectivity index (χ2v) is 5.90. The number of alkyl halides is 3. The van der Waals surface area contributed by atoms with Gasteiger partial charge in [-0.3, -0.25) is 9.59 Å². The Morgan fingerprint density at radius 2 is 1.83 bits per heavy atom. The molecule has 1 unspecified atom stereocenters. The van der Waals surface area contributed by atoms with E-state index >= 15 is 0 Å². The van der Waals surface area contributed by atoms with E-state index in [1.165, 1.54) is 12.1 Å². The molecule has 1 rings (SSSR count). The average Bonchev–Trinajstić information content (AvgIpc) is 2.50. The van der Waals surface area contributed by atoms with Crippen molar-refractivity contribution < 1.29 is 22.8 Å². The molecule has 0 aliphatic heterocycles. The van der Waals surface area contributed by atoms with E-state index in [0.29, 0.717) is 5.56 Å². The molecule has 1 aromatic rings. The third-order valence-corrected chi connectivity index (χ3v) is 3.54. The van der Waals surface area contributed by atoms with Crippen LogP contribution in [-0.2, 0) is 15.8 Å². The van der Waals surface area contributed by atoms with E-state index in [1.54, 1.807) is 20.8 Å². The molecule has 0 aromatic heterocycles. The number of halogens is 3. The van der Waals surface area contributed by atoms with Crippen molar-refractivity contribution in [2.24, 2.45) is 11.7 Å². The zero-order valence-electron chi connectivity index (χ0n) is 13.8. The van der Waals surface area contributed by atoms with Gasteiger partial charge in [0, 0.05) is 0 Å². The van der Waals surface area contributed by atoms with Crippen LogP contribution in [0.15, 0.2) is 24.3 Å². The van der Waals surface area contributed by atoms with Gasteiger partial charge in [0.05, 0.1) is 24.2 Å². The maximum atomic E-state index is 12.7. The van der Waals surface area contributed by atoms with Crippen LogP contribution in [0.3, 0.4) is 0 Å². The average molecular weight is 345 g/mol. The number of hydrogen-bond acceptors (Lipinski definition) is 3. The first kappa shape index (κ1) is 20.0. The molecule has 0 bridgehead atoms. The van der Waals surface area contributed by atoms with Crippen LogP contribution in [0.25, 0.3) is 0 Å². The van der Waals surface area contributed by atoms with Gasteiger partial charge in [0.15, 0.2) is 0 Å². The summed E-state index contributed by atoms with van der Waals surface area (Å²) < 4.78 is 38.1. The number of nitrogens with one attached hydrogen (secondary N) is 2. The van der Waals surface area contributed by atoms with Crippen LogP contribution in [0, 0.1) is 5.92 Å². The maximum absolute atomic E-state index is 12.7. The highest BCUT2D eigenvalue weighted by molar-refractivity contribution is 5.87. The Bertz CT molecular complexity index is 588. The molecule has 4 N–H and O–H groups in total. The molecule has 134 valence electrons. The van der Waals surface area contributed by atoms with Gasteiger partial charge in [-0.25, -0.2) is 0 Å². The lowest BCUT2D eigenvalue weighted by Crippen LogP contribution is -2.47. The van der Waals surface area contributed by atoms with Crippen molar-refractivity contribution in [1.82, 2.24) is 10.6 Å². The standard InChI is InChI=1S/C16H22F3N3O2/c1-9(2)14(20)15(24)21-8-13(23)22-10(3)11-5-4-6-12(7-11)16(17,18)19/h4-7,9-10,14H,8,20H2,1-3H3,(H,21,24)(H,22,23)/t10?,14-/m0/s1. The maximum Gasteiger partial charge on any atom is 0.416 e. The normalized spacial score (nSPS) is 14.2. The van der Waals surface area contributed by atoms with Gasteiger partial charge in [-0.05, 0) is 30.5 Å². The fourth-order valence-corrected chi connectivity index (χ4v) is 1.95. The summed E-state index contributed by atoms with van der Waals surface area (Å²) in [6.07, 6.45) is -4.44. The first-order chi connectivity index (χ1) is 11.0. The number of carbonyl (C=O) groups excluding carboxylic acids is 2. The molecular weight excluding hydrogens is 323 g/mol. The van der Waals surface area contributed by atoms with Crippen LogP contribution >= 0.6 is 0 Å². The van der Waals surface area contributed by atoms with Crippen molar-refractivity contribution in [3.8, 4) is 0 Å². The largest absolute Gasteiger partial charge is 0.416 e. The molecule has 0 aliphatic carbocycles. The van der Waals surface area contributed by atoms with Crippen LogP contribution in [0.2, 0.25) is 0 Å². The lowest BCUT2D eigenvalue weighted by Gasteiger charge is -2.18. The number of rotatable bonds is 6. The smallest absolute Gasteiger partial charge is 0.348 e. The molecule has 2 atom stereocenters. The van der Waals surface area contributed by atoms with E-state index in [0.717, 1.165) is 12.1 Å². The van der Waals surface area contributed by atoms with Crippen molar-refractivity contribution in [3.63, 3.8) is 0 Å². The van der Waals surface area contributed by atoms with E-state index in [2.05, 4.69) is 10.6 Å². The van der Waals surface area contributed by atoms with Gasteiger partial charge in [0.2, 0.25) is 11.8 Å². The second kappa shape index (κ2) is 8.14. The zero-order valence-corrected chi connectivity index (χ0v) is 13.8. The third-order valence-electron chi connectivity index (χ3n) is 3.54. The van der Waals surface area contributed by atoms with Crippen LogP contribution in [0.1, 0.15) is 37.9 Å². The Hall–Kier alpha value is -2.09. The first-order valence-electron chi connectivity index (χ1n) is 7.52. The van der Waals surface area contributed by atoms with Gasteiger partial charge in [-0.1, -0.05) is 26.0 Å². The highest BCUT2D eigenvalue weighted by Crippen LogP contribution is 2.30. The number of amides is 2. The van der Waals surface area contributed by atoms with Crippen LogP contribution in [-0.4, -0.2) is 24.4 Å². The molecule has 0 fully saturated rings. The summed E-state index contributed by atoms with van der Waals surface area (Å²) in [5.74, 6) is -1.03. The van der Waals surface area contributed by atoms with E-state index < -0.39 is 35.6 Å². The van der Waals surface area contributed by atoms with Gasteiger partial charge >= 0.3 is 6.18 Å². The Morgan fingerprint density at radius 1 is 1.21 bits per heavy atom. The summed E-state index contributed by atoms with van der Waals surface area (Å²) in [4.78, 5) is 23.5. The molecule has 1 aromatic carbocycles.